The summed E-state index contributed by atoms with van der Waals surface area (Å²) < 4.78 is 1.54. The molecule has 0 spiro atoms. The standard InChI is InChI=1S/C8H14I2N2/c9-6-2-4-11-7(6)5-1-3-12-8(5)10/h5-8,11-12H,1-4H2. The summed E-state index contributed by atoms with van der Waals surface area (Å²) in [6.45, 7) is 2.43. The zero-order valence-corrected chi connectivity index (χ0v) is 11.2. The van der Waals surface area contributed by atoms with Gasteiger partial charge in [0, 0.05) is 15.9 Å². The third-order valence-electron chi connectivity index (χ3n) is 2.84. The molecule has 2 nitrogen and oxygen atoms in total. The van der Waals surface area contributed by atoms with Crippen molar-refractivity contribution >= 4 is 45.2 Å². The van der Waals surface area contributed by atoms with Gasteiger partial charge in [0.05, 0.1) is 4.05 Å². The Hall–Kier alpha value is 1.38. The Morgan fingerprint density at radius 3 is 2.25 bits per heavy atom. The van der Waals surface area contributed by atoms with E-state index in [9.17, 15) is 0 Å². The van der Waals surface area contributed by atoms with Gasteiger partial charge in [0.1, 0.15) is 0 Å². The van der Waals surface area contributed by atoms with Gasteiger partial charge in [-0.3, -0.25) is 0 Å². The van der Waals surface area contributed by atoms with Gasteiger partial charge in [0.25, 0.3) is 0 Å². The van der Waals surface area contributed by atoms with Crippen LogP contribution in [0.25, 0.3) is 0 Å². The van der Waals surface area contributed by atoms with Crippen molar-refractivity contribution < 1.29 is 0 Å². The maximum atomic E-state index is 3.63. The Labute approximate surface area is 101 Å². The summed E-state index contributed by atoms with van der Waals surface area (Å²) in [4.78, 5) is 0. The molecule has 2 rings (SSSR count). The van der Waals surface area contributed by atoms with Crippen molar-refractivity contribution in [3.63, 3.8) is 0 Å². The quantitative estimate of drug-likeness (QED) is 0.402. The van der Waals surface area contributed by atoms with Crippen LogP contribution >= 0.6 is 45.2 Å². The highest BCUT2D eigenvalue weighted by Crippen LogP contribution is 2.31. The molecule has 0 aromatic rings. The number of hydrogen-bond donors (Lipinski definition) is 2. The van der Waals surface area contributed by atoms with Gasteiger partial charge < -0.3 is 10.6 Å². The molecule has 2 saturated heterocycles. The lowest BCUT2D eigenvalue weighted by molar-refractivity contribution is 0.422. The predicted molar refractivity (Wildman–Crippen MR) is 68.1 cm³/mol. The molecule has 2 N–H and O–H groups in total. The molecule has 0 bridgehead atoms. The number of hydrogen-bond acceptors (Lipinski definition) is 2. The summed E-state index contributed by atoms with van der Waals surface area (Å²) >= 11 is 5.14. The van der Waals surface area contributed by atoms with Crippen LogP contribution in [0.5, 0.6) is 0 Å². The van der Waals surface area contributed by atoms with E-state index < -0.39 is 0 Å². The van der Waals surface area contributed by atoms with Crippen LogP contribution in [-0.2, 0) is 0 Å². The zero-order valence-electron chi connectivity index (χ0n) is 6.89. The van der Waals surface area contributed by atoms with E-state index in [1.165, 1.54) is 25.9 Å². The van der Waals surface area contributed by atoms with Crippen LogP contribution in [-0.4, -0.2) is 27.1 Å². The van der Waals surface area contributed by atoms with Gasteiger partial charge in [-0.25, -0.2) is 0 Å². The van der Waals surface area contributed by atoms with Gasteiger partial charge >= 0.3 is 0 Å². The lowest BCUT2D eigenvalue weighted by atomic mass is 9.98. The molecule has 4 atom stereocenters. The van der Waals surface area contributed by atoms with Crippen LogP contribution in [0.4, 0.5) is 0 Å². The van der Waals surface area contributed by atoms with Crippen LogP contribution < -0.4 is 10.6 Å². The molecule has 2 aliphatic rings. The number of nitrogens with one attached hydrogen (secondary N) is 2. The minimum absolute atomic E-state index is 0.690. The topological polar surface area (TPSA) is 24.1 Å². The fourth-order valence-electron chi connectivity index (χ4n) is 2.16. The summed E-state index contributed by atoms with van der Waals surface area (Å²) in [5.41, 5.74) is 0. The fourth-order valence-corrected chi connectivity index (χ4v) is 4.38. The van der Waals surface area contributed by atoms with Crippen LogP contribution in [0, 0.1) is 5.92 Å². The Morgan fingerprint density at radius 2 is 1.75 bits per heavy atom. The van der Waals surface area contributed by atoms with Crippen molar-refractivity contribution in [3.05, 3.63) is 0 Å². The van der Waals surface area contributed by atoms with Crippen molar-refractivity contribution in [2.45, 2.75) is 26.9 Å². The molecule has 0 aliphatic carbocycles. The van der Waals surface area contributed by atoms with Gasteiger partial charge in [-0.15, -0.1) is 0 Å². The lowest BCUT2D eigenvalue weighted by Crippen LogP contribution is -2.39. The minimum Gasteiger partial charge on any atom is -0.313 e. The van der Waals surface area contributed by atoms with E-state index in [0.29, 0.717) is 4.05 Å². The third-order valence-corrected chi connectivity index (χ3v) is 5.61. The Morgan fingerprint density at radius 1 is 1.00 bits per heavy atom. The summed E-state index contributed by atoms with van der Waals surface area (Å²) in [6.07, 6.45) is 2.70. The molecule has 4 heteroatoms. The van der Waals surface area contributed by atoms with Gasteiger partial charge in [0.2, 0.25) is 0 Å². The predicted octanol–water partition coefficient (Wildman–Crippen LogP) is 1.52. The zero-order chi connectivity index (χ0) is 8.55. The Kier molecular flexibility index (Phi) is 3.53. The summed E-state index contributed by atoms with van der Waals surface area (Å²) in [7, 11) is 0. The highest BCUT2D eigenvalue weighted by Gasteiger charge is 2.37. The van der Waals surface area contributed by atoms with Crippen molar-refractivity contribution in [2.75, 3.05) is 13.1 Å². The molecule has 12 heavy (non-hydrogen) atoms. The van der Waals surface area contributed by atoms with Gasteiger partial charge in [-0.1, -0.05) is 45.2 Å². The molecular weight excluding hydrogens is 378 g/mol. The van der Waals surface area contributed by atoms with E-state index in [-0.39, 0.29) is 0 Å². The molecule has 0 aromatic heterocycles. The van der Waals surface area contributed by atoms with E-state index >= 15 is 0 Å². The second-order valence-corrected chi connectivity index (χ2v) is 6.53. The van der Waals surface area contributed by atoms with Gasteiger partial charge in [-0.2, -0.15) is 0 Å². The Balaban J connectivity index is 1.98. The molecule has 0 aromatic carbocycles. The minimum atomic E-state index is 0.690. The molecule has 0 amide bonds. The second kappa shape index (κ2) is 4.27. The number of alkyl halides is 2. The largest absolute Gasteiger partial charge is 0.313 e. The number of rotatable bonds is 1. The maximum Gasteiger partial charge on any atom is 0.0638 e. The van der Waals surface area contributed by atoms with Gasteiger partial charge in [-0.05, 0) is 25.9 Å². The van der Waals surface area contributed by atoms with E-state index in [1.807, 2.05) is 0 Å². The molecule has 0 radical (unpaired) electrons. The van der Waals surface area contributed by atoms with E-state index in [1.54, 1.807) is 0 Å². The molecule has 2 fully saturated rings. The second-order valence-electron chi connectivity index (χ2n) is 3.59. The van der Waals surface area contributed by atoms with Crippen molar-refractivity contribution in [1.29, 1.82) is 0 Å². The van der Waals surface area contributed by atoms with Crippen molar-refractivity contribution in [2.24, 2.45) is 5.92 Å². The molecule has 0 saturated carbocycles. The Bertz CT molecular complexity index is 147. The number of halogens is 2. The van der Waals surface area contributed by atoms with Crippen molar-refractivity contribution in [3.8, 4) is 0 Å². The smallest absolute Gasteiger partial charge is 0.0638 e. The van der Waals surface area contributed by atoms with Crippen molar-refractivity contribution in [1.82, 2.24) is 10.6 Å². The normalized spacial score (nSPS) is 48.5. The van der Waals surface area contributed by atoms with E-state index in [4.69, 9.17) is 0 Å². The molecule has 2 heterocycles. The third kappa shape index (κ3) is 1.90. The first kappa shape index (κ1) is 9.92. The summed E-state index contributed by atoms with van der Waals surface area (Å²) in [5, 5.41) is 7.14. The molecule has 4 unspecified atom stereocenters. The van der Waals surface area contributed by atoms with Crippen LogP contribution in [0.2, 0.25) is 0 Å². The summed E-state index contributed by atoms with van der Waals surface area (Å²) in [6, 6.07) is 0.766. The fraction of sp³-hybridized carbons (Fsp3) is 1.00. The molecule has 2 aliphatic heterocycles. The van der Waals surface area contributed by atoms with Crippen LogP contribution in [0.3, 0.4) is 0 Å². The van der Waals surface area contributed by atoms with E-state index in [0.717, 1.165) is 15.9 Å². The van der Waals surface area contributed by atoms with Crippen LogP contribution in [0.1, 0.15) is 12.8 Å². The average molecular weight is 392 g/mol. The van der Waals surface area contributed by atoms with E-state index in [2.05, 4.69) is 55.8 Å². The average Bonchev–Trinajstić information content (AvgIpc) is 2.59. The summed E-state index contributed by atoms with van der Waals surface area (Å²) in [5.74, 6) is 0.856. The molecular formula is C8H14I2N2. The van der Waals surface area contributed by atoms with Gasteiger partial charge in [0.15, 0.2) is 0 Å². The highest BCUT2D eigenvalue weighted by atomic mass is 127. The maximum absolute atomic E-state index is 3.63. The SMILES string of the molecule is IC1CCNC1C1CCNC1I. The first-order valence-electron chi connectivity index (χ1n) is 4.54. The first-order chi connectivity index (χ1) is 5.79. The monoisotopic (exact) mass is 392 g/mol. The highest BCUT2D eigenvalue weighted by molar-refractivity contribution is 14.1. The lowest BCUT2D eigenvalue weighted by Gasteiger charge is -2.24. The van der Waals surface area contributed by atoms with Crippen LogP contribution in [0.15, 0.2) is 0 Å². The molecule has 70 valence electrons. The first-order valence-corrected chi connectivity index (χ1v) is 7.03.